The fraction of sp³-hybridized carbons (Fsp3) is 0.0370. The summed E-state index contributed by atoms with van der Waals surface area (Å²) in [6.07, 6.45) is 0. The van der Waals surface area contributed by atoms with Crippen molar-refractivity contribution in [1.82, 2.24) is 4.57 Å². The van der Waals surface area contributed by atoms with Crippen molar-refractivity contribution >= 4 is 86.4 Å². The molecule has 0 bridgehead atoms. The molecule has 1 nitrogen and oxygen atoms in total. The Balaban J connectivity index is 0.790. The molecule has 0 radical (unpaired) electrons. The molecule has 1 aromatic heterocycles. The Morgan fingerprint density at radius 1 is 0.220 bits per heavy atom. The first-order valence-electron chi connectivity index (χ1n) is 28.7. The molecule has 82 heavy (non-hydrogen) atoms. The van der Waals surface area contributed by atoms with E-state index in [2.05, 4.69) is 304 Å². The first-order valence-corrected chi connectivity index (χ1v) is 28.7. The summed E-state index contributed by atoms with van der Waals surface area (Å²) in [5.74, 6) is 0. The van der Waals surface area contributed by atoms with E-state index in [1.54, 1.807) is 0 Å². The second-order valence-electron chi connectivity index (χ2n) is 23.1. The molecular formula is C81H53N. The van der Waals surface area contributed by atoms with Crippen LogP contribution in [-0.2, 0) is 5.41 Å². The quantitative estimate of drug-likeness (QED) is 0.146. The third-order valence-electron chi connectivity index (χ3n) is 18.4. The van der Waals surface area contributed by atoms with E-state index in [0.29, 0.717) is 0 Å². The van der Waals surface area contributed by atoms with Crippen molar-refractivity contribution < 1.29 is 0 Å². The normalized spacial score (nSPS) is 12.9. The lowest BCUT2D eigenvalue weighted by atomic mass is 9.81. The average molecular weight is 1040 g/mol. The molecule has 0 amide bonds. The summed E-state index contributed by atoms with van der Waals surface area (Å²) in [5, 5.41) is 17.8. The molecule has 0 fully saturated rings. The SMILES string of the molecule is CC1(C)c2cc(-c3cc4ccccc4c4ccccc34)ccc2-c2ccc(-n3c4ccc(-c5ccc(-c6cc7ccccc7c7ccccc67)cc5)cc4c4cc(-c5ccc(-c6cc7ccccc7c7ccccc67)cc5)ccc43)cc21. The van der Waals surface area contributed by atoms with Crippen LogP contribution in [0.5, 0.6) is 0 Å². The zero-order chi connectivity index (χ0) is 54.2. The van der Waals surface area contributed by atoms with E-state index in [9.17, 15) is 0 Å². The molecule has 0 aliphatic heterocycles. The Morgan fingerprint density at radius 2 is 0.549 bits per heavy atom. The lowest BCUT2D eigenvalue weighted by molar-refractivity contribution is 0.660. The number of hydrogen-bond donors (Lipinski definition) is 0. The van der Waals surface area contributed by atoms with Crippen LogP contribution < -0.4 is 0 Å². The van der Waals surface area contributed by atoms with Gasteiger partial charge in [0.1, 0.15) is 0 Å². The van der Waals surface area contributed by atoms with Gasteiger partial charge in [-0.1, -0.05) is 238 Å². The van der Waals surface area contributed by atoms with Crippen LogP contribution in [0.3, 0.4) is 0 Å². The van der Waals surface area contributed by atoms with Crippen LogP contribution in [-0.4, -0.2) is 4.57 Å². The largest absolute Gasteiger partial charge is 0.309 e. The first kappa shape index (κ1) is 46.6. The molecule has 1 aliphatic rings. The second-order valence-corrected chi connectivity index (χ2v) is 23.1. The lowest BCUT2D eigenvalue weighted by Gasteiger charge is -2.23. The maximum atomic E-state index is 2.51. The number of fused-ring (bicyclic) bond motifs is 15. The molecule has 15 aromatic carbocycles. The Morgan fingerprint density at radius 3 is 0.988 bits per heavy atom. The second kappa shape index (κ2) is 17.8. The van der Waals surface area contributed by atoms with Crippen LogP contribution in [0.1, 0.15) is 25.0 Å². The van der Waals surface area contributed by atoms with Gasteiger partial charge in [-0.2, -0.15) is 0 Å². The summed E-state index contributed by atoms with van der Waals surface area (Å²) in [5.41, 5.74) is 20.9. The van der Waals surface area contributed by atoms with Gasteiger partial charge in [-0.3, -0.25) is 0 Å². The lowest BCUT2D eigenvalue weighted by Crippen LogP contribution is -2.15. The number of nitrogens with zero attached hydrogens (tertiary/aromatic N) is 1. The van der Waals surface area contributed by atoms with Gasteiger partial charge in [0.25, 0.3) is 0 Å². The van der Waals surface area contributed by atoms with E-state index < -0.39 is 0 Å². The fourth-order valence-corrected chi connectivity index (χ4v) is 14.3. The first-order chi connectivity index (χ1) is 40.4. The van der Waals surface area contributed by atoms with Gasteiger partial charge in [-0.25, -0.2) is 0 Å². The third-order valence-corrected chi connectivity index (χ3v) is 18.4. The monoisotopic (exact) mass is 1040 g/mol. The molecular weight excluding hydrogens is 987 g/mol. The molecule has 16 aromatic rings. The van der Waals surface area contributed by atoms with Crippen LogP contribution in [0.15, 0.2) is 285 Å². The van der Waals surface area contributed by atoms with Gasteiger partial charge in [-0.15, -0.1) is 0 Å². The van der Waals surface area contributed by atoms with Crippen molar-refractivity contribution in [3.05, 3.63) is 296 Å². The minimum Gasteiger partial charge on any atom is -0.309 e. The highest BCUT2D eigenvalue weighted by Gasteiger charge is 2.36. The highest BCUT2D eigenvalue weighted by Crippen LogP contribution is 2.52. The molecule has 0 atom stereocenters. The van der Waals surface area contributed by atoms with Crippen LogP contribution in [0.2, 0.25) is 0 Å². The number of rotatable bonds is 6. The smallest absolute Gasteiger partial charge is 0.0541 e. The molecule has 0 N–H and O–H groups in total. The topological polar surface area (TPSA) is 4.93 Å². The average Bonchev–Trinajstić information content (AvgIpc) is 3.74. The van der Waals surface area contributed by atoms with E-state index in [0.717, 1.165) is 0 Å². The van der Waals surface area contributed by atoms with E-state index in [4.69, 9.17) is 0 Å². The van der Waals surface area contributed by atoms with Crippen molar-refractivity contribution in [1.29, 1.82) is 0 Å². The van der Waals surface area contributed by atoms with E-state index >= 15 is 0 Å². The van der Waals surface area contributed by atoms with Crippen LogP contribution in [0.25, 0.3) is 159 Å². The molecule has 382 valence electrons. The van der Waals surface area contributed by atoms with Crippen molar-refractivity contribution in [2.75, 3.05) is 0 Å². The minimum absolute atomic E-state index is 0.237. The number of hydrogen-bond acceptors (Lipinski definition) is 0. The van der Waals surface area contributed by atoms with E-state index in [1.165, 1.54) is 170 Å². The molecule has 0 saturated heterocycles. The predicted molar refractivity (Wildman–Crippen MR) is 351 cm³/mol. The molecule has 0 saturated carbocycles. The molecule has 17 rings (SSSR count). The summed E-state index contributed by atoms with van der Waals surface area (Å²) >= 11 is 0. The Hall–Kier alpha value is -10.3. The van der Waals surface area contributed by atoms with Crippen molar-refractivity contribution in [3.63, 3.8) is 0 Å². The number of aromatic nitrogens is 1. The Labute approximate surface area is 476 Å². The summed E-state index contributed by atoms with van der Waals surface area (Å²) in [4.78, 5) is 0. The standard InChI is InChI=1S/C81H53N/c1-81(2)77-48-59(74-47-58-17-5-8-20-63(58)66-23-11-14-26-69(66)74)35-39-70(77)71-40-38-60(49-78(71)81)82-79-41-36-54(50-27-31-52(32-28-50)72-45-56-15-3-6-18-61(56)64-21-9-12-24-67(64)72)43-75(79)76-44-55(37-42-80(76)82)51-29-33-53(34-30-51)73-46-57-16-4-7-19-62(57)65-22-10-13-25-68(65)73/h3-49H,1-2H3. The maximum absolute atomic E-state index is 2.51. The molecule has 0 spiro atoms. The van der Waals surface area contributed by atoms with Crippen molar-refractivity contribution in [2.24, 2.45) is 0 Å². The van der Waals surface area contributed by atoms with Gasteiger partial charge in [0.2, 0.25) is 0 Å². The number of benzene rings is 15. The third kappa shape index (κ3) is 7.06. The van der Waals surface area contributed by atoms with E-state index in [1.807, 2.05) is 0 Å². The molecule has 1 heterocycles. The molecule has 1 heteroatoms. The molecule has 1 aliphatic carbocycles. The summed E-state index contributed by atoms with van der Waals surface area (Å²) in [6, 6.07) is 107. The Bertz CT molecular complexity index is 5120. The van der Waals surface area contributed by atoms with Gasteiger partial charge in [0.05, 0.1) is 11.0 Å². The van der Waals surface area contributed by atoms with Gasteiger partial charge in [0, 0.05) is 21.9 Å². The zero-order valence-corrected chi connectivity index (χ0v) is 45.6. The van der Waals surface area contributed by atoms with Gasteiger partial charge in [-0.05, 0) is 203 Å². The maximum Gasteiger partial charge on any atom is 0.0541 e. The molecule has 0 unspecified atom stereocenters. The summed E-state index contributed by atoms with van der Waals surface area (Å²) in [6.45, 7) is 4.82. The van der Waals surface area contributed by atoms with Gasteiger partial charge in [0.15, 0.2) is 0 Å². The van der Waals surface area contributed by atoms with Crippen molar-refractivity contribution in [2.45, 2.75) is 19.3 Å². The van der Waals surface area contributed by atoms with Crippen LogP contribution >= 0.6 is 0 Å². The van der Waals surface area contributed by atoms with Gasteiger partial charge < -0.3 is 4.57 Å². The minimum atomic E-state index is -0.237. The van der Waals surface area contributed by atoms with Gasteiger partial charge >= 0.3 is 0 Å². The fourth-order valence-electron chi connectivity index (χ4n) is 14.3. The van der Waals surface area contributed by atoms with Crippen molar-refractivity contribution in [3.8, 4) is 72.4 Å². The summed E-state index contributed by atoms with van der Waals surface area (Å²) < 4.78 is 2.51. The van der Waals surface area contributed by atoms with E-state index in [-0.39, 0.29) is 5.41 Å². The van der Waals surface area contributed by atoms with Crippen LogP contribution in [0, 0.1) is 0 Å². The van der Waals surface area contributed by atoms with Crippen LogP contribution in [0.4, 0.5) is 0 Å². The highest BCUT2D eigenvalue weighted by molar-refractivity contribution is 6.17. The summed E-state index contributed by atoms with van der Waals surface area (Å²) in [7, 11) is 0. The highest BCUT2D eigenvalue weighted by atomic mass is 15.0. The Kier molecular flexibility index (Phi) is 10.1. The predicted octanol–water partition coefficient (Wildman–Crippen LogP) is 22.3. The zero-order valence-electron chi connectivity index (χ0n) is 45.6.